The van der Waals surface area contributed by atoms with Crippen molar-refractivity contribution in [3.05, 3.63) is 21.4 Å². The van der Waals surface area contributed by atoms with Gasteiger partial charge in [-0.2, -0.15) is 0 Å². The summed E-state index contributed by atoms with van der Waals surface area (Å²) in [5.74, 6) is 0.792. The van der Waals surface area contributed by atoms with Crippen molar-refractivity contribution in [1.29, 1.82) is 0 Å². The minimum atomic E-state index is 0.249. The topological polar surface area (TPSA) is 20.3 Å². The quantitative estimate of drug-likeness (QED) is 0.791. The standard InChI is InChI=1S/C15H23NOS/c1-5-13-11(4)8-14(18-13)15(17)16(9-10(2)3)12-6-7-12/h8,10,12H,5-7,9H2,1-4H3. The molecule has 0 saturated heterocycles. The third-order valence-corrected chi connectivity index (χ3v) is 4.73. The van der Waals surface area contributed by atoms with E-state index in [0.29, 0.717) is 12.0 Å². The maximum Gasteiger partial charge on any atom is 0.264 e. The molecule has 0 radical (unpaired) electrons. The molecule has 1 aliphatic carbocycles. The molecule has 1 saturated carbocycles. The van der Waals surface area contributed by atoms with Crippen LogP contribution < -0.4 is 0 Å². The van der Waals surface area contributed by atoms with Crippen LogP contribution in [0.1, 0.15) is 53.7 Å². The van der Waals surface area contributed by atoms with Gasteiger partial charge in [-0.25, -0.2) is 0 Å². The molecule has 3 heteroatoms. The van der Waals surface area contributed by atoms with E-state index in [9.17, 15) is 4.79 Å². The van der Waals surface area contributed by atoms with E-state index in [0.717, 1.165) is 17.8 Å². The highest BCUT2D eigenvalue weighted by atomic mass is 32.1. The molecule has 100 valence electrons. The number of thiophene rings is 1. The lowest BCUT2D eigenvalue weighted by Crippen LogP contribution is -2.35. The molecular formula is C15H23NOS. The second-order valence-electron chi connectivity index (χ2n) is 5.65. The lowest BCUT2D eigenvalue weighted by Gasteiger charge is -2.23. The van der Waals surface area contributed by atoms with Crippen molar-refractivity contribution in [1.82, 2.24) is 4.90 Å². The Kier molecular flexibility index (Phi) is 4.10. The van der Waals surface area contributed by atoms with Gasteiger partial charge in [0.25, 0.3) is 5.91 Å². The molecule has 1 heterocycles. The molecular weight excluding hydrogens is 242 g/mol. The Hall–Kier alpha value is -0.830. The molecule has 2 nitrogen and oxygen atoms in total. The average Bonchev–Trinajstić information content (AvgIpc) is 3.08. The highest BCUT2D eigenvalue weighted by Crippen LogP contribution is 2.31. The van der Waals surface area contributed by atoms with E-state index in [4.69, 9.17) is 0 Å². The number of hydrogen-bond acceptors (Lipinski definition) is 2. The van der Waals surface area contributed by atoms with Crippen LogP contribution in [0.3, 0.4) is 0 Å². The van der Waals surface area contributed by atoms with Gasteiger partial charge >= 0.3 is 0 Å². The van der Waals surface area contributed by atoms with Gasteiger partial charge in [0.2, 0.25) is 0 Å². The Morgan fingerprint density at radius 3 is 2.61 bits per heavy atom. The molecule has 0 bridgehead atoms. The number of aryl methyl sites for hydroxylation is 2. The zero-order valence-corrected chi connectivity index (χ0v) is 12.6. The normalized spacial score (nSPS) is 15.2. The van der Waals surface area contributed by atoms with Gasteiger partial charge in [-0.3, -0.25) is 4.79 Å². The zero-order valence-electron chi connectivity index (χ0n) is 11.8. The summed E-state index contributed by atoms with van der Waals surface area (Å²) >= 11 is 1.68. The summed E-state index contributed by atoms with van der Waals surface area (Å²) in [6, 6.07) is 2.58. The SMILES string of the molecule is CCc1sc(C(=O)N(CC(C)C)C2CC2)cc1C. The Morgan fingerprint density at radius 2 is 2.17 bits per heavy atom. The monoisotopic (exact) mass is 265 g/mol. The Labute approximate surface area is 114 Å². The molecule has 0 spiro atoms. The Bertz CT molecular complexity index is 432. The minimum Gasteiger partial charge on any atom is -0.335 e. The smallest absolute Gasteiger partial charge is 0.264 e. The summed E-state index contributed by atoms with van der Waals surface area (Å²) in [6.07, 6.45) is 3.39. The van der Waals surface area contributed by atoms with Crippen LogP contribution in [0, 0.1) is 12.8 Å². The summed E-state index contributed by atoms with van der Waals surface area (Å²) in [5.41, 5.74) is 1.27. The van der Waals surface area contributed by atoms with E-state index in [1.807, 2.05) is 0 Å². The summed E-state index contributed by atoms with van der Waals surface area (Å²) < 4.78 is 0. The van der Waals surface area contributed by atoms with Crippen molar-refractivity contribution in [2.75, 3.05) is 6.54 Å². The van der Waals surface area contributed by atoms with Crippen LogP contribution in [-0.2, 0) is 6.42 Å². The van der Waals surface area contributed by atoms with Gasteiger partial charge in [-0.1, -0.05) is 20.8 Å². The van der Waals surface area contributed by atoms with Crippen LogP contribution in [-0.4, -0.2) is 23.4 Å². The first-order valence-corrected chi connectivity index (χ1v) is 7.74. The molecule has 0 aliphatic heterocycles. The predicted octanol–water partition coefficient (Wildman–Crippen LogP) is 3.88. The van der Waals surface area contributed by atoms with Gasteiger partial charge in [0.15, 0.2) is 0 Å². The minimum absolute atomic E-state index is 0.249. The van der Waals surface area contributed by atoms with Crippen LogP contribution >= 0.6 is 11.3 Å². The van der Waals surface area contributed by atoms with Crippen LogP contribution in [0.25, 0.3) is 0 Å². The highest BCUT2D eigenvalue weighted by Gasteiger charge is 2.33. The number of amides is 1. The second kappa shape index (κ2) is 5.43. The number of rotatable bonds is 5. The van der Waals surface area contributed by atoms with Crippen molar-refractivity contribution < 1.29 is 4.79 Å². The largest absolute Gasteiger partial charge is 0.335 e. The molecule has 0 atom stereocenters. The van der Waals surface area contributed by atoms with Gasteiger partial charge < -0.3 is 4.90 Å². The van der Waals surface area contributed by atoms with E-state index in [2.05, 4.69) is 38.7 Å². The van der Waals surface area contributed by atoms with E-state index in [1.54, 1.807) is 11.3 Å². The molecule has 1 aromatic heterocycles. The maximum absolute atomic E-state index is 12.6. The molecule has 1 amide bonds. The van der Waals surface area contributed by atoms with E-state index in [-0.39, 0.29) is 5.91 Å². The van der Waals surface area contributed by atoms with Gasteiger partial charge in [-0.15, -0.1) is 11.3 Å². The predicted molar refractivity (Wildman–Crippen MR) is 77.3 cm³/mol. The number of nitrogens with zero attached hydrogens (tertiary/aromatic N) is 1. The maximum atomic E-state index is 12.6. The van der Waals surface area contributed by atoms with Gasteiger partial charge in [-0.05, 0) is 43.7 Å². The van der Waals surface area contributed by atoms with Crippen molar-refractivity contribution in [3.8, 4) is 0 Å². The van der Waals surface area contributed by atoms with Gasteiger partial charge in [0, 0.05) is 17.5 Å². The number of hydrogen-bond donors (Lipinski definition) is 0. The van der Waals surface area contributed by atoms with E-state index >= 15 is 0 Å². The summed E-state index contributed by atoms with van der Waals surface area (Å²) in [6.45, 7) is 9.51. The fourth-order valence-corrected chi connectivity index (χ4v) is 3.37. The number of carbonyl (C=O) groups is 1. The third kappa shape index (κ3) is 2.94. The lowest BCUT2D eigenvalue weighted by atomic mass is 10.2. The van der Waals surface area contributed by atoms with Crippen molar-refractivity contribution in [3.63, 3.8) is 0 Å². The Balaban J connectivity index is 2.16. The van der Waals surface area contributed by atoms with Crippen molar-refractivity contribution in [2.45, 2.75) is 53.0 Å². The summed E-state index contributed by atoms with van der Waals surface area (Å²) in [4.78, 5) is 16.9. The first-order chi connectivity index (χ1) is 8.52. The molecule has 18 heavy (non-hydrogen) atoms. The first-order valence-electron chi connectivity index (χ1n) is 6.93. The second-order valence-corrected chi connectivity index (χ2v) is 6.79. The average molecular weight is 265 g/mol. The van der Waals surface area contributed by atoms with E-state index < -0.39 is 0 Å². The van der Waals surface area contributed by atoms with E-state index in [1.165, 1.54) is 23.3 Å². The van der Waals surface area contributed by atoms with Crippen LogP contribution in [0.2, 0.25) is 0 Å². The van der Waals surface area contributed by atoms with Crippen LogP contribution in [0.5, 0.6) is 0 Å². The van der Waals surface area contributed by atoms with Crippen LogP contribution in [0.15, 0.2) is 6.07 Å². The van der Waals surface area contributed by atoms with Crippen molar-refractivity contribution >= 4 is 17.2 Å². The molecule has 1 fully saturated rings. The Morgan fingerprint density at radius 1 is 1.50 bits per heavy atom. The molecule has 1 aliphatic rings. The fourth-order valence-electron chi connectivity index (χ4n) is 2.30. The third-order valence-electron chi connectivity index (χ3n) is 3.36. The summed E-state index contributed by atoms with van der Waals surface area (Å²) in [7, 11) is 0. The molecule has 0 unspecified atom stereocenters. The molecule has 1 aromatic rings. The first kappa shape index (κ1) is 13.6. The molecule has 2 rings (SSSR count). The van der Waals surface area contributed by atoms with Gasteiger partial charge in [0.1, 0.15) is 0 Å². The molecule has 0 N–H and O–H groups in total. The molecule has 0 aromatic carbocycles. The number of carbonyl (C=O) groups excluding carboxylic acids is 1. The lowest BCUT2D eigenvalue weighted by molar-refractivity contribution is 0.0727. The highest BCUT2D eigenvalue weighted by molar-refractivity contribution is 7.14. The van der Waals surface area contributed by atoms with Crippen LogP contribution in [0.4, 0.5) is 0 Å². The fraction of sp³-hybridized carbons (Fsp3) is 0.667. The van der Waals surface area contributed by atoms with Crippen molar-refractivity contribution in [2.24, 2.45) is 5.92 Å². The summed E-state index contributed by atoms with van der Waals surface area (Å²) in [5, 5.41) is 0. The zero-order chi connectivity index (χ0) is 13.3. The van der Waals surface area contributed by atoms with Gasteiger partial charge in [0.05, 0.1) is 4.88 Å².